The summed E-state index contributed by atoms with van der Waals surface area (Å²) >= 11 is 1.76. The third-order valence-electron chi connectivity index (χ3n) is 4.33. The van der Waals surface area contributed by atoms with Crippen LogP contribution in [0.3, 0.4) is 0 Å². The number of fused-ring (bicyclic) bond motifs is 1. The van der Waals surface area contributed by atoms with Crippen molar-refractivity contribution in [3.63, 3.8) is 0 Å². The van der Waals surface area contributed by atoms with Crippen LogP contribution in [0.25, 0.3) is 10.2 Å². The molecule has 1 N–H and O–H groups in total. The van der Waals surface area contributed by atoms with E-state index in [4.69, 9.17) is 0 Å². The van der Waals surface area contributed by atoms with Gasteiger partial charge >= 0.3 is 0 Å². The lowest BCUT2D eigenvalue weighted by Crippen LogP contribution is -2.16. The molecule has 4 heteroatoms. The maximum absolute atomic E-state index is 4.46. The summed E-state index contributed by atoms with van der Waals surface area (Å²) in [5.74, 6) is 1.02. The van der Waals surface area contributed by atoms with Crippen molar-refractivity contribution in [2.75, 3.05) is 11.9 Å². The van der Waals surface area contributed by atoms with Crippen LogP contribution in [0.1, 0.15) is 43.0 Å². The van der Waals surface area contributed by atoms with Crippen LogP contribution in [-0.4, -0.2) is 16.5 Å². The molecule has 0 aliphatic heterocycles. The Hall–Kier alpha value is -1.16. The number of hydrogen-bond acceptors (Lipinski definition) is 4. The molecule has 1 saturated carbocycles. The smallest absolute Gasteiger partial charge is 0.138 e. The van der Waals surface area contributed by atoms with Crippen molar-refractivity contribution >= 4 is 27.4 Å². The van der Waals surface area contributed by atoms with Gasteiger partial charge in [-0.25, -0.2) is 9.97 Å². The molecule has 0 amide bonds. The van der Waals surface area contributed by atoms with Crippen molar-refractivity contribution in [1.82, 2.24) is 9.97 Å². The van der Waals surface area contributed by atoms with Crippen LogP contribution in [0.4, 0.5) is 5.82 Å². The van der Waals surface area contributed by atoms with Gasteiger partial charge in [-0.15, -0.1) is 11.3 Å². The van der Waals surface area contributed by atoms with Crippen molar-refractivity contribution in [2.24, 2.45) is 5.41 Å². The van der Waals surface area contributed by atoms with E-state index in [-0.39, 0.29) is 0 Å². The summed E-state index contributed by atoms with van der Waals surface area (Å²) in [7, 11) is 0. The van der Waals surface area contributed by atoms with Gasteiger partial charge in [-0.05, 0) is 44.1 Å². The second kappa shape index (κ2) is 4.75. The first-order chi connectivity index (χ1) is 9.15. The Bertz CT molecular complexity index is 599. The lowest BCUT2D eigenvalue weighted by Gasteiger charge is -2.15. The van der Waals surface area contributed by atoms with Gasteiger partial charge in [0.25, 0.3) is 0 Å². The van der Waals surface area contributed by atoms with Crippen LogP contribution in [0.15, 0.2) is 6.33 Å². The largest absolute Gasteiger partial charge is 0.369 e. The predicted octanol–water partition coefficient (Wildman–Crippen LogP) is 4.30. The van der Waals surface area contributed by atoms with Gasteiger partial charge in [-0.3, -0.25) is 0 Å². The van der Waals surface area contributed by atoms with Gasteiger partial charge in [0.05, 0.1) is 5.39 Å². The molecule has 2 heterocycles. The first-order valence-electron chi connectivity index (χ1n) is 7.10. The molecule has 0 unspecified atom stereocenters. The molecule has 19 heavy (non-hydrogen) atoms. The van der Waals surface area contributed by atoms with E-state index in [1.807, 2.05) is 0 Å². The molecule has 1 aliphatic carbocycles. The minimum atomic E-state index is 0.547. The molecular formula is C15H21N3S. The summed E-state index contributed by atoms with van der Waals surface area (Å²) in [5, 5.41) is 4.80. The average Bonchev–Trinajstić information content (AvgIpc) is 3.10. The Morgan fingerprint density at radius 3 is 2.79 bits per heavy atom. The highest BCUT2D eigenvalue weighted by Gasteiger charge is 2.41. The molecule has 0 atom stereocenters. The Morgan fingerprint density at radius 2 is 2.11 bits per heavy atom. The van der Waals surface area contributed by atoms with Gasteiger partial charge in [-0.2, -0.15) is 0 Å². The molecule has 1 fully saturated rings. The first-order valence-corrected chi connectivity index (χ1v) is 7.91. The summed E-state index contributed by atoms with van der Waals surface area (Å²) in [4.78, 5) is 11.3. The molecule has 3 nitrogen and oxygen atoms in total. The lowest BCUT2D eigenvalue weighted by atomic mass is 10.0. The van der Waals surface area contributed by atoms with E-state index < -0.39 is 0 Å². The first kappa shape index (κ1) is 12.9. The molecule has 0 saturated heterocycles. The van der Waals surface area contributed by atoms with Gasteiger partial charge in [0.2, 0.25) is 0 Å². The minimum absolute atomic E-state index is 0.547. The second-order valence-electron chi connectivity index (χ2n) is 5.79. The third kappa shape index (κ3) is 2.34. The molecular weight excluding hydrogens is 254 g/mol. The molecule has 0 radical (unpaired) electrons. The van der Waals surface area contributed by atoms with Crippen LogP contribution >= 0.6 is 11.3 Å². The van der Waals surface area contributed by atoms with Crippen molar-refractivity contribution in [3.05, 3.63) is 16.8 Å². The number of nitrogens with one attached hydrogen (secondary N) is 1. The topological polar surface area (TPSA) is 37.8 Å². The number of hydrogen-bond donors (Lipinski definition) is 1. The fourth-order valence-corrected chi connectivity index (χ4v) is 3.81. The van der Waals surface area contributed by atoms with Gasteiger partial charge in [-0.1, -0.05) is 13.3 Å². The lowest BCUT2D eigenvalue weighted by molar-refractivity contribution is 0.485. The Balaban J connectivity index is 1.85. The van der Waals surface area contributed by atoms with Gasteiger partial charge in [0, 0.05) is 11.4 Å². The Kier molecular flexibility index (Phi) is 3.21. The van der Waals surface area contributed by atoms with E-state index in [0.717, 1.165) is 17.2 Å². The SMILES string of the molecule is CCCC1(CNc2ncnc3sc(C)c(C)c23)CC1. The monoisotopic (exact) mass is 275 g/mol. The van der Waals surface area contributed by atoms with Crippen LogP contribution in [0.2, 0.25) is 0 Å². The number of thiophene rings is 1. The molecule has 1 aliphatic rings. The van der Waals surface area contributed by atoms with Gasteiger partial charge < -0.3 is 5.32 Å². The molecule has 0 spiro atoms. The van der Waals surface area contributed by atoms with Crippen LogP contribution in [0.5, 0.6) is 0 Å². The van der Waals surface area contributed by atoms with Crippen LogP contribution in [-0.2, 0) is 0 Å². The number of anilines is 1. The molecule has 3 rings (SSSR count). The third-order valence-corrected chi connectivity index (χ3v) is 5.45. The highest BCUT2D eigenvalue weighted by Crippen LogP contribution is 2.49. The van der Waals surface area contributed by atoms with E-state index in [0.29, 0.717) is 5.41 Å². The molecule has 0 bridgehead atoms. The van der Waals surface area contributed by atoms with E-state index in [2.05, 4.69) is 36.1 Å². The van der Waals surface area contributed by atoms with E-state index in [9.17, 15) is 0 Å². The normalized spacial score (nSPS) is 16.8. The second-order valence-corrected chi connectivity index (χ2v) is 6.99. The maximum Gasteiger partial charge on any atom is 0.138 e. The number of aryl methyl sites for hydroxylation is 2. The Labute approximate surface area is 118 Å². The zero-order valence-electron chi connectivity index (χ0n) is 11.9. The van der Waals surface area contributed by atoms with Crippen LogP contribution < -0.4 is 5.32 Å². The summed E-state index contributed by atoms with van der Waals surface area (Å²) in [6, 6.07) is 0. The van der Waals surface area contributed by atoms with Crippen LogP contribution in [0, 0.1) is 19.3 Å². The van der Waals surface area contributed by atoms with Crippen molar-refractivity contribution in [1.29, 1.82) is 0 Å². The molecule has 2 aromatic rings. The molecule has 102 valence electrons. The van der Waals surface area contributed by atoms with Crippen molar-refractivity contribution < 1.29 is 0 Å². The van der Waals surface area contributed by atoms with E-state index >= 15 is 0 Å². The highest BCUT2D eigenvalue weighted by molar-refractivity contribution is 7.18. The zero-order chi connectivity index (χ0) is 13.5. The number of nitrogens with zero attached hydrogens (tertiary/aromatic N) is 2. The van der Waals surface area contributed by atoms with E-state index in [1.165, 1.54) is 41.5 Å². The summed E-state index contributed by atoms with van der Waals surface area (Å²) in [6.45, 7) is 7.66. The number of aromatic nitrogens is 2. The quantitative estimate of drug-likeness (QED) is 0.884. The summed E-state index contributed by atoms with van der Waals surface area (Å²) in [5.41, 5.74) is 1.87. The molecule has 2 aromatic heterocycles. The predicted molar refractivity (Wildman–Crippen MR) is 82.0 cm³/mol. The average molecular weight is 275 g/mol. The fourth-order valence-electron chi connectivity index (χ4n) is 2.81. The summed E-state index contributed by atoms with van der Waals surface area (Å²) in [6.07, 6.45) is 7.01. The molecule has 0 aromatic carbocycles. The standard InChI is InChI=1S/C15H21N3S/c1-4-5-15(6-7-15)8-16-13-12-10(2)11(3)19-14(12)18-9-17-13/h9H,4-8H2,1-3H3,(H,16,17,18). The maximum atomic E-state index is 4.46. The van der Waals surface area contributed by atoms with Crippen molar-refractivity contribution in [3.8, 4) is 0 Å². The Morgan fingerprint density at radius 1 is 1.32 bits per heavy atom. The highest BCUT2D eigenvalue weighted by atomic mass is 32.1. The van der Waals surface area contributed by atoms with Gasteiger partial charge in [0.15, 0.2) is 0 Å². The fraction of sp³-hybridized carbons (Fsp3) is 0.600. The summed E-state index contributed by atoms with van der Waals surface area (Å²) < 4.78 is 0. The van der Waals surface area contributed by atoms with Crippen molar-refractivity contribution in [2.45, 2.75) is 46.5 Å². The van der Waals surface area contributed by atoms with E-state index in [1.54, 1.807) is 17.7 Å². The number of rotatable bonds is 5. The van der Waals surface area contributed by atoms with Gasteiger partial charge in [0.1, 0.15) is 17.0 Å². The zero-order valence-corrected chi connectivity index (χ0v) is 12.7. The minimum Gasteiger partial charge on any atom is -0.369 e.